The molecule has 0 bridgehead atoms. The second-order valence-corrected chi connectivity index (χ2v) is 4.14. The van der Waals surface area contributed by atoms with E-state index in [1.807, 2.05) is 20.8 Å². The van der Waals surface area contributed by atoms with Gasteiger partial charge in [-0.25, -0.2) is 0 Å². The number of aromatic nitrogens is 1. The fraction of sp³-hybridized carbons (Fsp3) is 0.400. The number of nitrogens with one attached hydrogen (secondary N) is 1. The Labute approximate surface area is 83.0 Å². The van der Waals surface area contributed by atoms with Crippen molar-refractivity contribution in [3.05, 3.63) is 24.0 Å². The standard InChI is InChI=1S/C10H14N2O2/c1-10(2,3)12-9(14)7-4-8(13)6-11-5-7/h4-6,13H,1-3H3,(H,12,14). The highest BCUT2D eigenvalue weighted by Gasteiger charge is 2.15. The summed E-state index contributed by atoms with van der Waals surface area (Å²) >= 11 is 0. The minimum absolute atomic E-state index is 0.00782. The van der Waals surface area contributed by atoms with Gasteiger partial charge in [-0.2, -0.15) is 0 Å². The van der Waals surface area contributed by atoms with Gasteiger partial charge in [0.15, 0.2) is 0 Å². The predicted molar refractivity (Wildman–Crippen MR) is 53.1 cm³/mol. The molecule has 0 aromatic carbocycles. The van der Waals surface area contributed by atoms with E-state index in [9.17, 15) is 4.79 Å². The monoisotopic (exact) mass is 194 g/mol. The molecule has 0 aliphatic heterocycles. The third-order valence-electron chi connectivity index (χ3n) is 1.47. The van der Waals surface area contributed by atoms with Crippen LogP contribution in [0.15, 0.2) is 18.5 Å². The van der Waals surface area contributed by atoms with Crippen LogP contribution in [0, 0.1) is 0 Å². The smallest absolute Gasteiger partial charge is 0.253 e. The number of hydrogen-bond acceptors (Lipinski definition) is 3. The minimum atomic E-state index is -0.289. The maximum atomic E-state index is 11.6. The Morgan fingerprint density at radius 1 is 1.43 bits per heavy atom. The first-order valence-corrected chi connectivity index (χ1v) is 4.35. The highest BCUT2D eigenvalue weighted by atomic mass is 16.3. The van der Waals surface area contributed by atoms with Crippen molar-refractivity contribution in [1.29, 1.82) is 0 Å². The van der Waals surface area contributed by atoms with Crippen LogP contribution < -0.4 is 5.32 Å². The predicted octanol–water partition coefficient (Wildman–Crippen LogP) is 1.32. The van der Waals surface area contributed by atoms with Gasteiger partial charge in [0.2, 0.25) is 0 Å². The lowest BCUT2D eigenvalue weighted by atomic mass is 10.1. The summed E-state index contributed by atoms with van der Waals surface area (Å²) in [4.78, 5) is 15.3. The molecule has 1 aromatic heterocycles. The lowest BCUT2D eigenvalue weighted by Crippen LogP contribution is -2.40. The van der Waals surface area contributed by atoms with E-state index < -0.39 is 0 Å². The molecule has 0 radical (unpaired) electrons. The topological polar surface area (TPSA) is 62.2 Å². The van der Waals surface area contributed by atoms with Crippen LogP contribution in [0.4, 0.5) is 0 Å². The van der Waals surface area contributed by atoms with Crippen molar-refractivity contribution >= 4 is 5.91 Å². The van der Waals surface area contributed by atoms with Gasteiger partial charge in [-0.15, -0.1) is 0 Å². The van der Waals surface area contributed by atoms with Crippen LogP contribution in [-0.4, -0.2) is 21.5 Å². The van der Waals surface area contributed by atoms with Crippen LogP contribution in [0.2, 0.25) is 0 Å². The number of pyridine rings is 1. The molecule has 0 atom stereocenters. The van der Waals surface area contributed by atoms with E-state index in [-0.39, 0.29) is 17.2 Å². The molecule has 0 aliphatic rings. The van der Waals surface area contributed by atoms with Gasteiger partial charge in [0.1, 0.15) is 5.75 Å². The zero-order chi connectivity index (χ0) is 10.8. The molecule has 1 amide bonds. The summed E-state index contributed by atoms with van der Waals surface area (Å²) in [5.41, 5.74) is 0.0719. The number of aromatic hydroxyl groups is 1. The maximum absolute atomic E-state index is 11.6. The summed E-state index contributed by atoms with van der Waals surface area (Å²) in [7, 11) is 0. The van der Waals surface area contributed by atoms with Crippen molar-refractivity contribution in [1.82, 2.24) is 10.3 Å². The molecule has 4 nitrogen and oxygen atoms in total. The molecule has 2 N–H and O–H groups in total. The maximum Gasteiger partial charge on any atom is 0.253 e. The van der Waals surface area contributed by atoms with Crippen LogP contribution in [-0.2, 0) is 0 Å². The van der Waals surface area contributed by atoms with E-state index in [2.05, 4.69) is 10.3 Å². The number of rotatable bonds is 1. The second kappa shape index (κ2) is 3.65. The van der Waals surface area contributed by atoms with Gasteiger partial charge < -0.3 is 10.4 Å². The molecule has 14 heavy (non-hydrogen) atoms. The third kappa shape index (κ3) is 3.05. The quantitative estimate of drug-likeness (QED) is 0.708. The Morgan fingerprint density at radius 2 is 2.07 bits per heavy atom. The van der Waals surface area contributed by atoms with E-state index in [4.69, 9.17) is 5.11 Å². The van der Waals surface area contributed by atoms with Crippen molar-refractivity contribution in [3.63, 3.8) is 0 Å². The average Bonchev–Trinajstić information content (AvgIpc) is 2.01. The average molecular weight is 194 g/mol. The summed E-state index contributed by atoms with van der Waals surface area (Å²) in [6.45, 7) is 5.67. The Balaban J connectivity index is 2.80. The Kier molecular flexibility index (Phi) is 2.74. The third-order valence-corrected chi connectivity index (χ3v) is 1.47. The molecule has 76 valence electrons. The molecule has 4 heteroatoms. The van der Waals surface area contributed by atoms with Crippen LogP contribution in [0.1, 0.15) is 31.1 Å². The van der Waals surface area contributed by atoms with E-state index in [1.165, 1.54) is 18.5 Å². The molecule has 0 saturated carbocycles. The van der Waals surface area contributed by atoms with Gasteiger partial charge in [0.25, 0.3) is 5.91 Å². The van der Waals surface area contributed by atoms with Crippen molar-refractivity contribution in [2.75, 3.05) is 0 Å². The number of carbonyl (C=O) groups excluding carboxylic acids is 1. The van der Waals surface area contributed by atoms with Crippen LogP contribution in [0.5, 0.6) is 5.75 Å². The van der Waals surface area contributed by atoms with Gasteiger partial charge in [0.05, 0.1) is 11.8 Å². The largest absolute Gasteiger partial charge is 0.506 e. The highest BCUT2D eigenvalue weighted by molar-refractivity contribution is 5.94. The fourth-order valence-corrected chi connectivity index (χ4v) is 0.965. The number of nitrogens with zero attached hydrogens (tertiary/aromatic N) is 1. The molecule has 1 heterocycles. The first-order chi connectivity index (χ1) is 6.38. The van der Waals surface area contributed by atoms with Crippen LogP contribution in [0.3, 0.4) is 0 Å². The Hall–Kier alpha value is -1.58. The van der Waals surface area contributed by atoms with Crippen molar-refractivity contribution in [3.8, 4) is 5.75 Å². The van der Waals surface area contributed by atoms with Crippen molar-refractivity contribution < 1.29 is 9.90 Å². The molecule has 0 unspecified atom stereocenters. The molecular weight excluding hydrogens is 180 g/mol. The Bertz CT molecular complexity index is 342. The van der Waals surface area contributed by atoms with Crippen LogP contribution in [0.25, 0.3) is 0 Å². The summed E-state index contributed by atoms with van der Waals surface area (Å²) < 4.78 is 0. The van der Waals surface area contributed by atoms with Gasteiger partial charge in [0, 0.05) is 11.7 Å². The van der Waals surface area contributed by atoms with E-state index in [0.29, 0.717) is 5.56 Å². The molecule has 0 aliphatic carbocycles. The van der Waals surface area contributed by atoms with Crippen molar-refractivity contribution in [2.24, 2.45) is 0 Å². The molecular formula is C10H14N2O2. The van der Waals surface area contributed by atoms with Gasteiger partial charge >= 0.3 is 0 Å². The lowest BCUT2D eigenvalue weighted by molar-refractivity contribution is 0.0918. The normalized spacial score (nSPS) is 11.1. The molecule has 0 spiro atoms. The first-order valence-electron chi connectivity index (χ1n) is 4.35. The molecule has 1 rings (SSSR count). The summed E-state index contributed by atoms with van der Waals surface area (Å²) in [5, 5.41) is 11.9. The van der Waals surface area contributed by atoms with Gasteiger partial charge in [-0.1, -0.05) is 0 Å². The summed E-state index contributed by atoms with van der Waals surface area (Å²) in [6, 6.07) is 1.38. The molecule has 0 fully saturated rings. The van der Waals surface area contributed by atoms with Gasteiger partial charge in [-0.05, 0) is 26.8 Å². The number of hydrogen-bond donors (Lipinski definition) is 2. The van der Waals surface area contributed by atoms with Crippen molar-refractivity contribution in [2.45, 2.75) is 26.3 Å². The first kappa shape index (κ1) is 10.5. The number of amides is 1. The zero-order valence-electron chi connectivity index (χ0n) is 8.53. The van der Waals surface area contributed by atoms with E-state index >= 15 is 0 Å². The summed E-state index contributed by atoms with van der Waals surface area (Å²) in [5.74, 6) is -0.243. The fourth-order valence-electron chi connectivity index (χ4n) is 0.965. The number of carbonyl (C=O) groups is 1. The van der Waals surface area contributed by atoms with E-state index in [1.54, 1.807) is 0 Å². The summed E-state index contributed by atoms with van der Waals surface area (Å²) in [6.07, 6.45) is 2.70. The molecule has 1 aromatic rings. The van der Waals surface area contributed by atoms with Crippen LogP contribution >= 0.6 is 0 Å². The Morgan fingerprint density at radius 3 is 2.57 bits per heavy atom. The SMILES string of the molecule is CC(C)(C)NC(=O)c1cncc(O)c1. The van der Waals surface area contributed by atoms with Gasteiger partial charge in [-0.3, -0.25) is 9.78 Å². The highest BCUT2D eigenvalue weighted by Crippen LogP contribution is 2.09. The zero-order valence-corrected chi connectivity index (χ0v) is 8.53. The second-order valence-electron chi connectivity index (χ2n) is 4.14. The molecule has 0 saturated heterocycles. The lowest BCUT2D eigenvalue weighted by Gasteiger charge is -2.20. The van der Waals surface area contributed by atoms with E-state index in [0.717, 1.165) is 0 Å². The minimum Gasteiger partial charge on any atom is -0.506 e.